The van der Waals surface area contributed by atoms with Crippen molar-refractivity contribution in [3.8, 4) is 0 Å². The van der Waals surface area contributed by atoms with Crippen molar-refractivity contribution in [3.63, 3.8) is 0 Å². The highest BCUT2D eigenvalue weighted by molar-refractivity contribution is 14.1. The lowest BCUT2D eigenvalue weighted by Crippen LogP contribution is -2.78. The van der Waals surface area contributed by atoms with Crippen molar-refractivity contribution in [2.75, 3.05) is 18.4 Å². The van der Waals surface area contributed by atoms with Crippen LogP contribution in [0.25, 0.3) is 5.65 Å². The molecule has 36 heavy (non-hydrogen) atoms. The highest BCUT2D eigenvalue weighted by atomic mass is 127. The van der Waals surface area contributed by atoms with Gasteiger partial charge in [0.05, 0.1) is 23.5 Å². The number of piperidine rings is 1. The van der Waals surface area contributed by atoms with Crippen LogP contribution in [0.5, 0.6) is 0 Å². The van der Waals surface area contributed by atoms with Gasteiger partial charge in [0.25, 0.3) is 5.91 Å². The number of carbonyl (C=O) groups excluding carboxylic acids is 2. The summed E-state index contributed by atoms with van der Waals surface area (Å²) >= 11 is 8.65. The van der Waals surface area contributed by atoms with Crippen LogP contribution in [0, 0.1) is 9.39 Å². The van der Waals surface area contributed by atoms with Crippen LogP contribution in [0.4, 0.5) is 15.8 Å². The van der Waals surface area contributed by atoms with E-state index in [2.05, 4.69) is 15.6 Å². The van der Waals surface area contributed by atoms with Crippen molar-refractivity contribution in [2.24, 2.45) is 0 Å². The van der Waals surface area contributed by atoms with E-state index >= 15 is 0 Å². The predicted octanol–water partition coefficient (Wildman–Crippen LogP) is 3.69. The third kappa shape index (κ3) is 4.42. The molecule has 1 amide bonds. The minimum Gasteiger partial charge on any atom is -0.438 e. The number of aromatic nitrogens is 2. The number of halogens is 3. The fourth-order valence-corrected chi connectivity index (χ4v) is 5.59. The van der Waals surface area contributed by atoms with E-state index in [-0.39, 0.29) is 34.5 Å². The third-order valence-electron chi connectivity index (χ3n) is 6.63. The molecule has 2 fully saturated rings. The van der Waals surface area contributed by atoms with Gasteiger partial charge in [0.15, 0.2) is 11.2 Å². The van der Waals surface area contributed by atoms with Gasteiger partial charge in [-0.1, -0.05) is 18.0 Å². The van der Waals surface area contributed by atoms with Crippen molar-refractivity contribution in [2.45, 2.75) is 44.1 Å². The Morgan fingerprint density at radius 1 is 1.39 bits per heavy atom. The zero-order valence-electron chi connectivity index (χ0n) is 19.3. The Kier molecular flexibility index (Phi) is 6.83. The number of imidazole rings is 1. The molecular formula is C24H24ClFIN5O4. The molecule has 0 saturated carbocycles. The largest absolute Gasteiger partial charge is 0.438 e. The molecular weight excluding hydrogens is 604 g/mol. The number of ether oxygens (including phenoxy) is 1. The van der Waals surface area contributed by atoms with Crippen molar-refractivity contribution in [1.82, 2.24) is 19.6 Å². The first-order valence-electron chi connectivity index (χ1n) is 11.5. The maximum Gasteiger partial charge on any atom is 0.304 e. The molecule has 190 valence electrons. The average Bonchev–Trinajstić information content (AvgIpc) is 3.33. The topological polar surface area (TPSA) is 108 Å². The Morgan fingerprint density at radius 2 is 2.19 bits per heavy atom. The van der Waals surface area contributed by atoms with Crippen LogP contribution in [-0.2, 0) is 9.53 Å². The number of hydrogen-bond acceptors (Lipinski definition) is 7. The van der Waals surface area contributed by atoms with E-state index in [1.807, 2.05) is 22.6 Å². The molecule has 0 radical (unpaired) electrons. The number of benzene rings is 1. The van der Waals surface area contributed by atoms with Gasteiger partial charge in [-0.05, 0) is 60.2 Å². The molecule has 0 aliphatic carbocycles. The van der Waals surface area contributed by atoms with Gasteiger partial charge >= 0.3 is 5.97 Å². The number of nitrogens with zero attached hydrogens (tertiary/aromatic N) is 3. The van der Waals surface area contributed by atoms with E-state index in [4.69, 9.17) is 16.3 Å². The number of carbonyl (C=O) groups is 2. The fourth-order valence-electron chi connectivity index (χ4n) is 4.84. The van der Waals surface area contributed by atoms with E-state index in [1.165, 1.54) is 30.3 Å². The lowest BCUT2D eigenvalue weighted by Gasteiger charge is -2.56. The van der Waals surface area contributed by atoms with Crippen LogP contribution in [0.2, 0.25) is 5.02 Å². The Labute approximate surface area is 225 Å². The number of hydrogen-bond donors (Lipinski definition) is 3. The van der Waals surface area contributed by atoms with Crippen molar-refractivity contribution >= 4 is 63.1 Å². The fraction of sp³-hybridized carbons (Fsp3) is 0.375. The van der Waals surface area contributed by atoms with E-state index < -0.39 is 29.5 Å². The number of fused-ring (bicyclic) bond motifs is 1. The van der Waals surface area contributed by atoms with Crippen LogP contribution in [0.1, 0.15) is 36.5 Å². The summed E-state index contributed by atoms with van der Waals surface area (Å²) in [4.78, 5) is 31.3. The molecule has 2 aromatic heterocycles. The molecule has 3 unspecified atom stereocenters. The second-order valence-electron chi connectivity index (χ2n) is 9.03. The predicted molar refractivity (Wildman–Crippen MR) is 140 cm³/mol. The second-order valence-corrected chi connectivity index (χ2v) is 10.7. The van der Waals surface area contributed by atoms with Crippen LogP contribution in [0.15, 0.2) is 36.8 Å². The van der Waals surface area contributed by atoms with Crippen LogP contribution >= 0.6 is 34.2 Å². The minimum absolute atomic E-state index is 0.0433. The van der Waals surface area contributed by atoms with Gasteiger partial charge in [0.1, 0.15) is 10.8 Å². The summed E-state index contributed by atoms with van der Waals surface area (Å²) in [5.41, 5.74) is -0.650. The van der Waals surface area contributed by atoms with Crippen LogP contribution < -0.4 is 10.6 Å². The Morgan fingerprint density at radius 3 is 2.89 bits per heavy atom. The molecule has 3 N–H and O–H groups in total. The zero-order valence-corrected chi connectivity index (χ0v) is 22.2. The summed E-state index contributed by atoms with van der Waals surface area (Å²) in [6, 6.07) is 4.31. The molecule has 0 spiro atoms. The lowest BCUT2D eigenvalue weighted by molar-refractivity contribution is -0.248. The summed E-state index contributed by atoms with van der Waals surface area (Å²) in [5, 5.41) is 17.8. The lowest BCUT2D eigenvalue weighted by atomic mass is 9.79. The number of amides is 1. The monoisotopic (exact) mass is 627 g/mol. The van der Waals surface area contributed by atoms with Crippen molar-refractivity contribution in [1.29, 1.82) is 0 Å². The van der Waals surface area contributed by atoms with E-state index in [0.29, 0.717) is 15.6 Å². The molecule has 0 bridgehead atoms. The van der Waals surface area contributed by atoms with Gasteiger partial charge in [-0.15, -0.1) is 0 Å². The van der Waals surface area contributed by atoms with Crippen molar-refractivity contribution in [3.05, 3.63) is 56.8 Å². The first-order valence-corrected chi connectivity index (χ1v) is 13.0. The maximum absolute atomic E-state index is 14.7. The number of esters is 1. The molecule has 3 atom stereocenters. The highest BCUT2D eigenvalue weighted by Gasteiger charge is 2.60. The summed E-state index contributed by atoms with van der Waals surface area (Å²) in [6.07, 6.45) is 6.12. The number of pyridine rings is 1. The number of rotatable bonds is 5. The molecule has 3 aromatic rings. The average molecular weight is 628 g/mol. The number of anilines is 2. The molecule has 5 rings (SSSR count). The molecule has 1 aromatic carbocycles. The molecule has 2 aliphatic heterocycles. The van der Waals surface area contributed by atoms with Gasteiger partial charge in [-0.2, -0.15) is 0 Å². The SMILES string of the molecule is CC(=O)OC1N(C(=O)c2cn3ccnc3c(Cl)c2Nc2ccc(I)cc2F)CC1(O)C1CCCCN1. The summed E-state index contributed by atoms with van der Waals surface area (Å²) in [5.74, 6) is -1.67. The van der Waals surface area contributed by atoms with Gasteiger partial charge < -0.3 is 24.9 Å². The van der Waals surface area contributed by atoms with E-state index in [1.54, 1.807) is 22.7 Å². The molecule has 9 nitrogen and oxygen atoms in total. The Balaban J connectivity index is 1.53. The van der Waals surface area contributed by atoms with Gasteiger partial charge in [-0.3, -0.25) is 14.5 Å². The van der Waals surface area contributed by atoms with Crippen LogP contribution in [0.3, 0.4) is 0 Å². The molecule has 2 aliphatic rings. The standard InChI is InChI=1S/C24H24ClFIN5O4/c1-13(33)36-23-24(35,18-4-2-3-7-28-18)12-32(23)22(34)15-11-31-9-8-29-21(31)19(25)20(15)30-17-6-5-14(27)10-16(17)26/h5-6,8-11,18,23,28,30,35H,2-4,7,12H2,1H3. The quantitative estimate of drug-likeness (QED) is 0.293. The Hall–Kier alpha value is -2.48. The second kappa shape index (κ2) is 9.77. The first kappa shape index (κ1) is 25.2. The van der Waals surface area contributed by atoms with Crippen LogP contribution in [-0.4, -0.2) is 62.2 Å². The molecule has 2 saturated heterocycles. The molecule has 12 heteroatoms. The zero-order chi connectivity index (χ0) is 25.6. The normalized spacial score (nSPS) is 23.9. The van der Waals surface area contributed by atoms with Gasteiger partial charge in [0, 0.05) is 35.1 Å². The first-order chi connectivity index (χ1) is 17.2. The summed E-state index contributed by atoms with van der Waals surface area (Å²) in [6.45, 7) is 1.92. The Bertz CT molecular complexity index is 1350. The van der Waals surface area contributed by atoms with E-state index in [0.717, 1.165) is 19.4 Å². The smallest absolute Gasteiger partial charge is 0.304 e. The minimum atomic E-state index is -1.43. The third-order valence-corrected chi connectivity index (χ3v) is 7.66. The summed E-state index contributed by atoms with van der Waals surface area (Å²) < 4.78 is 22.4. The number of nitrogens with one attached hydrogen (secondary N) is 2. The maximum atomic E-state index is 14.7. The van der Waals surface area contributed by atoms with Gasteiger partial charge in [0.2, 0.25) is 6.23 Å². The number of β-amino-alcohol motifs (C(OH)–C–C–N with tert-alkyl or cyclic N) is 1. The molecule has 4 heterocycles. The highest BCUT2D eigenvalue weighted by Crippen LogP contribution is 2.40. The van der Waals surface area contributed by atoms with Crippen molar-refractivity contribution < 1.29 is 23.8 Å². The number of likely N-dealkylation sites (tertiary alicyclic amines) is 1. The number of aliphatic hydroxyl groups is 1. The van der Waals surface area contributed by atoms with Gasteiger partial charge in [-0.25, -0.2) is 9.37 Å². The summed E-state index contributed by atoms with van der Waals surface area (Å²) in [7, 11) is 0. The van der Waals surface area contributed by atoms with E-state index in [9.17, 15) is 19.1 Å².